The number of phenols is 1. The summed E-state index contributed by atoms with van der Waals surface area (Å²) in [7, 11) is -3.59. The van der Waals surface area contributed by atoms with Gasteiger partial charge in [-0.05, 0) is 40.8 Å². The van der Waals surface area contributed by atoms with Gasteiger partial charge >= 0.3 is 0 Å². The van der Waals surface area contributed by atoms with Gasteiger partial charge in [0.1, 0.15) is 5.75 Å². The second-order valence-electron chi connectivity index (χ2n) is 8.20. The molecular formula is C25H29N3O5S. The molecule has 1 unspecified atom stereocenters. The molecular weight excluding hydrogens is 454 g/mol. The largest absolute Gasteiger partial charge is 0.506 e. The van der Waals surface area contributed by atoms with Crippen molar-refractivity contribution in [1.82, 2.24) is 5.32 Å². The third-order valence-corrected chi connectivity index (χ3v) is 5.89. The van der Waals surface area contributed by atoms with E-state index in [4.69, 9.17) is 5.73 Å². The maximum absolute atomic E-state index is 11.5. The van der Waals surface area contributed by atoms with E-state index in [0.29, 0.717) is 12.0 Å². The predicted molar refractivity (Wildman–Crippen MR) is 132 cm³/mol. The highest BCUT2D eigenvalue weighted by Crippen LogP contribution is 2.28. The van der Waals surface area contributed by atoms with E-state index in [1.807, 2.05) is 54.6 Å². The Hall–Kier alpha value is -3.40. The Labute approximate surface area is 199 Å². The average Bonchev–Trinajstić information content (AvgIpc) is 2.78. The van der Waals surface area contributed by atoms with E-state index in [1.54, 1.807) is 6.07 Å². The van der Waals surface area contributed by atoms with Crippen LogP contribution in [0.5, 0.6) is 5.75 Å². The Balaban J connectivity index is 1.77. The number of hydrogen-bond acceptors (Lipinski definition) is 6. The lowest BCUT2D eigenvalue weighted by Crippen LogP contribution is -2.28. The molecule has 9 heteroatoms. The van der Waals surface area contributed by atoms with E-state index in [9.17, 15) is 23.4 Å². The summed E-state index contributed by atoms with van der Waals surface area (Å²) in [5.74, 6) is -0.624. The number of nitrogens with one attached hydrogen (secondary N) is 2. The number of nitrogens with two attached hydrogens (primary N) is 1. The topological polar surface area (TPSA) is 142 Å². The van der Waals surface area contributed by atoms with Gasteiger partial charge in [-0.3, -0.25) is 9.52 Å². The van der Waals surface area contributed by atoms with Crippen LogP contribution in [0.1, 0.15) is 34.4 Å². The van der Waals surface area contributed by atoms with Crippen molar-refractivity contribution in [2.75, 3.05) is 17.5 Å². The quantitative estimate of drug-likeness (QED) is 0.265. The van der Waals surface area contributed by atoms with Gasteiger partial charge in [0.25, 0.3) is 0 Å². The van der Waals surface area contributed by atoms with Crippen LogP contribution >= 0.6 is 0 Å². The smallest absolute Gasteiger partial charge is 0.229 e. The Morgan fingerprint density at radius 3 is 2.24 bits per heavy atom. The maximum atomic E-state index is 11.5. The molecule has 0 fully saturated rings. The lowest BCUT2D eigenvalue weighted by Gasteiger charge is -2.22. The molecule has 0 aliphatic rings. The number of hydrogen-bond donors (Lipinski definition) is 5. The minimum absolute atomic E-state index is 0.00456. The number of aliphatic hydroxyl groups excluding tert-OH is 1. The van der Waals surface area contributed by atoms with Crippen LogP contribution in [0, 0.1) is 0 Å². The van der Waals surface area contributed by atoms with Gasteiger partial charge in [-0.25, -0.2) is 8.42 Å². The van der Waals surface area contributed by atoms with Crippen molar-refractivity contribution in [3.63, 3.8) is 0 Å². The van der Waals surface area contributed by atoms with Gasteiger partial charge in [0.05, 0.1) is 24.5 Å². The second kappa shape index (κ2) is 11.1. The Bertz CT molecular complexity index is 1220. The molecule has 6 N–H and O–H groups in total. The first kappa shape index (κ1) is 25.2. The molecule has 0 radical (unpaired) electrons. The summed E-state index contributed by atoms with van der Waals surface area (Å²) < 4.78 is 25.3. The number of benzene rings is 3. The summed E-state index contributed by atoms with van der Waals surface area (Å²) in [5, 5.41) is 24.1. The molecule has 0 aromatic heterocycles. The number of carbonyl (C=O) groups is 1. The molecule has 2 atom stereocenters. The van der Waals surface area contributed by atoms with Gasteiger partial charge in [0.2, 0.25) is 15.9 Å². The van der Waals surface area contributed by atoms with E-state index in [-0.39, 0.29) is 30.4 Å². The highest BCUT2D eigenvalue weighted by molar-refractivity contribution is 7.92. The monoisotopic (exact) mass is 483 g/mol. The van der Waals surface area contributed by atoms with Gasteiger partial charge < -0.3 is 21.3 Å². The molecule has 3 rings (SSSR count). The highest BCUT2D eigenvalue weighted by atomic mass is 32.2. The molecule has 34 heavy (non-hydrogen) atoms. The summed E-state index contributed by atoms with van der Waals surface area (Å²) in [6.07, 6.45) is 0.868. The van der Waals surface area contributed by atoms with E-state index in [2.05, 4.69) is 10.0 Å². The molecule has 0 bridgehead atoms. The first-order chi connectivity index (χ1) is 16.1. The van der Waals surface area contributed by atoms with Gasteiger partial charge in [-0.15, -0.1) is 0 Å². The van der Waals surface area contributed by atoms with Crippen LogP contribution in [-0.4, -0.2) is 37.3 Å². The normalized spacial score (nSPS) is 13.2. The van der Waals surface area contributed by atoms with Crippen molar-refractivity contribution in [2.45, 2.75) is 25.0 Å². The van der Waals surface area contributed by atoms with Crippen molar-refractivity contribution >= 4 is 21.6 Å². The standard InChI is InChI=1S/C25H29N3O5S/c1-34(32,33)28-22-15-20(11-12-23(22)29)24(30)16-27-21(13-17-5-3-2-4-6-17)19-9-7-18(8-10-19)14-25(26)31/h2-12,15,21,24,27-30H,13-14,16H2,1H3,(H2,26,31)/t21-,24?/m1/s1. The fraction of sp³-hybridized carbons (Fsp3) is 0.240. The molecule has 0 saturated carbocycles. The van der Waals surface area contributed by atoms with Crippen molar-refractivity contribution in [1.29, 1.82) is 0 Å². The molecule has 3 aromatic carbocycles. The number of primary amides is 1. The molecule has 0 aliphatic heterocycles. The van der Waals surface area contributed by atoms with Gasteiger partial charge in [-0.2, -0.15) is 0 Å². The van der Waals surface area contributed by atoms with E-state index in [0.717, 1.165) is 22.9 Å². The van der Waals surface area contributed by atoms with Crippen molar-refractivity contribution in [3.8, 4) is 5.75 Å². The minimum Gasteiger partial charge on any atom is -0.506 e. The molecule has 0 aliphatic carbocycles. The molecule has 0 spiro atoms. The SMILES string of the molecule is CS(=O)(=O)Nc1cc(C(O)CN[C@H](Cc2ccccc2)c2ccc(CC(N)=O)cc2)ccc1O. The first-order valence-corrected chi connectivity index (χ1v) is 12.6. The van der Waals surface area contributed by atoms with Crippen LogP contribution < -0.4 is 15.8 Å². The predicted octanol–water partition coefficient (Wildman–Crippen LogP) is 2.40. The number of rotatable bonds is 11. The lowest BCUT2D eigenvalue weighted by atomic mass is 9.97. The van der Waals surface area contributed by atoms with E-state index in [1.165, 1.54) is 12.1 Å². The molecule has 0 saturated heterocycles. The zero-order valence-electron chi connectivity index (χ0n) is 18.8. The number of sulfonamides is 1. The molecule has 8 nitrogen and oxygen atoms in total. The van der Waals surface area contributed by atoms with Crippen LogP contribution in [0.2, 0.25) is 0 Å². The van der Waals surface area contributed by atoms with Gasteiger partial charge in [0.15, 0.2) is 0 Å². The van der Waals surface area contributed by atoms with Crippen LogP contribution in [0.25, 0.3) is 0 Å². The van der Waals surface area contributed by atoms with Crippen molar-refractivity contribution in [3.05, 3.63) is 95.1 Å². The van der Waals surface area contributed by atoms with Gasteiger partial charge in [0, 0.05) is 12.6 Å². The lowest BCUT2D eigenvalue weighted by molar-refractivity contribution is -0.117. The minimum atomic E-state index is -3.59. The van der Waals surface area contributed by atoms with Crippen LogP contribution in [0.3, 0.4) is 0 Å². The van der Waals surface area contributed by atoms with E-state index < -0.39 is 22.0 Å². The number of amides is 1. The number of carbonyl (C=O) groups excluding carboxylic acids is 1. The van der Waals surface area contributed by atoms with Crippen molar-refractivity contribution < 1.29 is 23.4 Å². The summed E-state index contributed by atoms with van der Waals surface area (Å²) in [5.41, 5.74) is 8.65. The first-order valence-electron chi connectivity index (χ1n) is 10.7. The summed E-state index contributed by atoms with van der Waals surface area (Å²) in [4.78, 5) is 11.2. The zero-order chi connectivity index (χ0) is 24.7. The van der Waals surface area contributed by atoms with Crippen LogP contribution in [0.15, 0.2) is 72.8 Å². The zero-order valence-corrected chi connectivity index (χ0v) is 19.6. The summed E-state index contributed by atoms with van der Waals surface area (Å²) in [6.45, 7) is 0.184. The molecule has 1 amide bonds. The Morgan fingerprint density at radius 2 is 1.62 bits per heavy atom. The summed E-state index contributed by atoms with van der Waals surface area (Å²) >= 11 is 0. The third kappa shape index (κ3) is 7.58. The van der Waals surface area contributed by atoms with Crippen molar-refractivity contribution in [2.24, 2.45) is 5.73 Å². The number of aromatic hydroxyl groups is 1. The highest BCUT2D eigenvalue weighted by Gasteiger charge is 2.17. The number of aliphatic hydroxyl groups is 1. The molecule has 180 valence electrons. The van der Waals surface area contributed by atoms with Crippen LogP contribution in [-0.2, 0) is 27.7 Å². The second-order valence-corrected chi connectivity index (χ2v) is 9.95. The summed E-state index contributed by atoms with van der Waals surface area (Å²) in [6, 6.07) is 21.7. The fourth-order valence-electron chi connectivity index (χ4n) is 3.64. The maximum Gasteiger partial charge on any atom is 0.229 e. The fourth-order valence-corrected chi connectivity index (χ4v) is 4.20. The van der Waals surface area contributed by atoms with Gasteiger partial charge in [-0.1, -0.05) is 60.7 Å². The molecule has 3 aromatic rings. The number of phenolic OH excluding ortho intramolecular Hbond substituents is 1. The van der Waals surface area contributed by atoms with E-state index >= 15 is 0 Å². The average molecular weight is 484 g/mol. The van der Waals surface area contributed by atoms with Crippen LogP contribution in [0.4, 0.5) is 5.69 Å². The molecule has 0 heterocycles. The Morgan fingerprint density at radius 1 is 0.971 bits per heavy atom. The Kier molecular flexibility index (Phi) is 8.27. The number of anilines is 1. The third-order valence-electron chi connectivity index (χ3n) is 5.30.